The minimum atomic E-state index is -0.660. The molecule has 2 aromatic carbocycles. The van der Waals surface area contributed by atoms with Crippen molar-refractivity contribution in [2.24, 2.45) is 0 Å². The minimum absolute atomic E-state index is 0.138. The molecule has 1 N–H and O–H groups in total. The molecule has 1 unspecified atom stereocenters. The van der Waals surface area contributed by atoms with Crippen molar-refractivity contribution in [1.29, 1.82) is 0 Å². The number of hydrogen-bond acceptors (Lipinski definition) is 3. The van der Waals surface area contributed by atoms with Crippen molar-refractivity contribution in [3.8, 4) is 5.75 Å². The lowest BCUT2D eigenvalue weighted by molar-refractivity contribution is -0.141. The summed E-state index contributed by atoms with van der Waals surface area (Å²) in [7, 11) is 1.59. The number of methoxy groups -OCH3 is 1. The molecule has 3 rings (SSSR count). The normalized spacial score (nSPS) is 15.0. The number of hydrogen-bond donors (Lipinski definition) is 1. The van der Waals surface area contributed by atoms with Gasteiger partial charge < -0.3 is 15.0 Å². The number of ether oxygens (including phenoxy) is 1. The van der Waals surface area contributed by atoms with Crippen LogP contribution in [-0.4, -0.2) is 35.9 Å². The van der Waals surface area contributed by atoms with E-state index in [2.05, 4.69) is 5.32 Å². The Morgan fingerprint density at radius 3 is 2.45 bits per heavy atom. The molecule has 1 saturated carbocycles. The number of rotatable bonds is 9. The molecular weight excluding hydrogens is 443 g/mol. The van der Waals surface area contributed by atoms with Gasteiger partial charge in [-0.15, -0.1) is 0 Å². The predicted octanol–water partition coefficient (Wildman–Crippen LogP) is 5.29. The smallest absolute Gasteiger partial charge is 0.243 e. The number of halogens is 2. The number of nitrogens with one attached hydrogen (secondary N) is 1. The fraction of sp³-hybridized carbons (Fsp3) is 0.462. The molecule has 0 spiro atoms. The molecule has 1 atom stereocenters. The van der Waals surface area contributed by atoms with E-state index in [9.17, 15) is 14.0 Å². The van der Waals surface area contributed by atoms with Gasteiger partial charge in [0.1, 0.15) is 17.6 Å². The molecule has 0 radical (unpaired) electrons. The lowest BCUT2D eigenvalue weighted by atomic mass is 9.95. The summed E-state index contributed by atoms with van der Waals surface area (Å²) in [6.45, 7) is 2.11. The van der Waals surface area contributed by atoms with Gasteiger partial charge in [0.15, 0.2) is 0 Å². The number of amides is 2. The van der Waals surface area contributed by atoms with E-state index in [4.69, 9.17) is 16.3 Å². The quantitative estimate of drug-likeness (QED) is 0.537. The Morgan fingerprint density at radius 1 is 1.15 bits per heavy atom. The molecule has 33 heavy (non-hydrogen) atoms. The Hall–Kier alpha value is -2.60. The van der Waals surface area contributed by atoms with Crippen LogP contribution < -0.4 is 10.1 Å². The standard InChI is InChI=1S/C26H32ClFN2O3/c1-3-24(26(32)29-19-8-5-4-6-9-19)30(17-18-12-14-20(33-2)15-13-18)25(31)16-21-22(27)10-7-11-23(21)28/h7,10-15,19,24H,3-6,8-9,16-17H2,1-2H3,(H,29,32). The molecule has 0 bridgehead atoms. The summed E-state index contributed by atoms with van der Waals surface area (Å²) in [5.41, 5.74) is 0.999. The second-order valence-electron chi connectivity index (χ2n) is 8.51. The molecular formula is C26H32ClFN2O3. The highest BCUT2D eigenvalue weighted by Crippen LogP contribution is 2.23. The van der Waals surface area contributed by atoms with Crippen LogP contribution in [0.4, 0.5) is 4.39 Å². The zero-order valence-corrected chi connectivity index (χ0v) is 20.0. The van der Waals surface area contributed by atoms with Crippen LogP contribution in [0.3, 0.4) is 0 Å². The summed E-state index contributed by atoms with van der Waals surface area (Å²) >= 11 is 6.17. The Balaban J connectivity index is 1.84. The van der Waals surface area contributed by atoms with E-state index >= 15 is 0 Å². The van der Waals surface area contributed by atoms with Gasteiger partial charge >= 0.3 is 0 Å². The lowest BCUT2D eigenvalue weighted by Gasteiger charge is -2.33. The number of benzene rings is 2. The van der Waals surface area contributed by atoms with Crippen LogP contribution in [-0.2, 0) is 22.6 Å². The van der Waals surface area contributed by atoms with Gasteiger partial charge in [0, 0.05) is 23.2 Å². The van der Waals surface area contributed by atoms with E-state index in [0.29, 0.717) is 12.2 Å². The fourth-order valence-electron chi connectivity index (χ4n) is 4.35. The third-order valence-electron chi connectivity index (χ3n) is 6.24. The van der Waals surface area contributed by atoms with Crippen molar-refractivity contribution in [3.05, 3.63) is 64.4 Å². The van der Waals surface area contributed by atoms with Crippen LogP contribution in [0.15, 0.2) is 42.5 Å². The molecule has 0 saturated heterocycles. The van der Waals surface area contributed by atoms with Gasteiger partial charge in [-0.05, 0) is 49.1 Å². The van der Waals surface area contributed by atoms with Gasteiger partial charge in [0.25, 0.3) is 0 Å². The Morgan fingerprint density at radius 2 is 1.85 bits per heavy atom. The monoisotopic (exact) mass is 474 g/mol. The third-order valence-corrected chi connectivity index (χ3v) is 6.59. The van der Waals surface area contributed by atoms with Crippen molar-refractivity contribution < 1.29 is 18.7 Å². The first-order chi connectivity index (χ1) is 15.9. The van der Waals surface area contributed by atoms with Crippen molar-refractivity contribution in [2.75, 3.05) is 7.11 Å². The maximum absolute atomic E-state index is 14.4. The molecule has 1 aliphatic carbocycles. The first-order valence-electron chi connectivity index (χ1n) is 11.6. The van der Waals surface area contributed by atoms with Gasteiger partial charge in [0.2, 0.25) is 11.8 Å². The Bertz CT molecular complexity index is 925. The summed E-state index contributed by atoms with van der Waals surface area (Å²) < 4.78 is 19.6. The maximum atomic E-state index is 14.4. The topological polar surface area (TPSA) is 58.6 Å². The van der Waals surface area contributed by atoms with E-state index in [0.717, 1.165) is 31.2 Å². The molecule has 0 aliphatic heterocycles. The Labute approximate surface area is 200 Å². The first-order valence-corrected chi connectivity index (χ1v) is 12.0. The lowest BCUT2D eigenvalue weighted by Crippen LogP contribution is -2.52. The van der Waals surface area contributed by atoms with Gasteiger partial charge in [-0.1, -0.05) is 56.0 Å². The van der Waals surface area contributed by atoms with Crippen LogP contribution in [0.2, 0.25) is 5.02 Å². The fourth-order valence-corrected chi connectivity index (χ4v) is 4.58. The Kier molecular flexibility index (Phi) is 9.12. The third kappa shape index (κ3) is 6.70. The van der Waals surface area contributed by atoms with E-state index in [1.165, 1.54) is 18.6 Å². The summed E-state index contributed by atoms with van der Waals surface area (Å²) in [6, 6.07) is 11.2. The summed E-state index contributed by atoms with van der Waals surface area (Å²) in [5.74, 6) is -0.328. The second-order valence-corrected chi connectivity index (χ2v) is 8.92. The molecule has 178 valence electrons. The zero-order chi connectivity index (χ0) is 23.8. The van der Waals surface area contributed by atoms with Crippen LogP contribution in [0.1, 0.15) is 56.6 Å². The van der Waals surface area contributed by atoms with Crippen molar-refractivity contribution in [3.63, 3.8) is 0 Å². The van der Waals surface area contributed by atoms with E-state index < -0.39 is 11.9 Å². The molecule has 2 aromatic rings. The van der Waals surface area contributed by atoms with Gasteiger partial charge in [-0.3, -0.25) is 9.59 Å². The van der Waals surface area contributed by atoms with Crippen molar-refractivity contribution in [2.45, 2.75) is 70.5 Å². The summed E-state index contributed by atoms with van der Waals surface area (Å²) in [4.78, 5) is 28.2. The molecule has 0 aromatic heterocycles. The van der Waals surface area contributed by atoms with Crippen molar-refractivity contribution in [1.82, 2.24) is 10.2 Å². The highest BCUT2D eigenvalue weighted by atomic mass is 35.5. The molecule has 0 heterocycles. The number of carbonyl (C=O) groups is 2. The van der Waals surface area contributed by atoms with Crippen LogP contribution in [0.25, 0.3) is 0 Å². The van der Waals surface area contributed by atoms with E-state index in [1.54, 1.807) is 18.1 Å². The largest absolute Gasteiger partial charge is 0.497 e. The first kappa shape index (κ1) is 25.0. The van der Waals surface area contributed by atoms with Gasteiger partial charge in [-0.25, -0.2) is 4.39 Å². The molecule has 2 amide bonds. The molecule has 5 nitrogen and oxygen atoms in total. The SMILES string of the molecule is CCC(C(=O)NC1CCCCC1)N(Cc1ccc(OC)cc1)C(=O)Cc1c(F)cccc1Cl. The van der Waals surface area contributed by atoms with E-state index in [1.807, 2.05) is 31.2 Å². The number of carbonyl (C=O) groups excluding carboxylic acids is 2. The predicted molar refractivity (Wildman–Crippen MR) is 128 cm³/mol. The maximum Gasteiger partial charge on any atom is 0.243 e. The second kappa shape index (κ2) is 12.0. The molecule has 1 fully saturated rings. The van der Waals surface area contributed by atoms with E-state index in [-0.39, 0.29) is 41.4 Å². The molecule has 1 aliphatic rings. The van der Waals surface area contributed by atoms with Crippen LogP contribution in [0, 0.1) is 5.82 Å². The van der Waals surface area contributed by atoms with Gasteiger partial charge in [0.05, 0.1) is 13.5 Å². The highest BCUT2D eigenvalue weighted by Gasteiger charge is 2.31. The van der Waals surface area contributed by atoms with Gasteiger partial charge in [-0.2, -0.15) is 0 Å². The average Bonchev–Trinajstić information content (AvgIpc) is 2.82. The van der Waals surface area contributed by atoms with Crippen LogP contribution in [0.5, 0.6) is 5.75 Å². The van der Waals surface area contributed by atoms with Crippen molar-refractivity contribution >= 4 is 23.4 Å². The average molecular weight is 475 g/mol. The van der Waals surface area contributed by atoms with Crippen LogP contribution >= 0.6 is 11.6 Å². The summed E-state index contributed by atoms with van der Waals surface area (Å²) in [5, 5.41) is 3.34. The number of nitrogens with zero attached hydrogens (tertiary/aromatic N) is 1. The molecule has 7 heteroatoms. The highest BCUT2D eigenvalue weighted by molar-refractivity contribution is 6.31. The minimum Gasteiger partial charge on any atom is -0.497 e. The zero-order valence-electron chi connectivity index (χ0n) is 19.3. The summed E-state index contributed by atoms with van der Waals surface area (Å²) in [6.07, 6.45) is 5.54.